The van der Waals surface area contributed by atoms with Gasteiger partial charge in [0.05, 0.1) is 17.8 Å². The Labute approximate surface area is 132 Å². The Kier molecular flexibility index (Phi) is 3.85. The van der Waals surface area contributed by atoms with Gasteiger partial charge in [-0.05, 0) is 24.3 Å². The highest BCUT2D eigenvalue weighted by Gasteiger charge is 2.35. The van der Waals surface area contributed by atoms with Crippen LogP contribution in [-0.2, 0) is 16.6 Å². The number of benzene rings is 1. The Morgan fingerprint density at radius 3 is 2.73 bits per heavy atom. The number of nitrogens with zero attached hydrogens (tertiary/aromatic N) is 3. The molecule has 1 aromatic carbocycles. The molecule has 1 N–H and O–H groups in total. The number of aryl methyl sites for hydroxylation is 1. The zero-order valence-electron chi connectivity index (χ0n) is 12.0. The third-order valence-electron chi connectivity index (χ3n) is 3.61. The van der Waals surface area contributed by atoms with Crippen molar-refractivity contribution in [3.63, 3.8) is 0 Å². The molecule has 2 aromatic rings. The third-order valence-corrected chi connectivity index (χ3v) is 3.86. The summed E-state index contributed by atoms with van der Waals surface area (Å²) in [6.45, 7) is 0.368. The summed E-state index contributed by atoms with van der Waals surface area (Å²) in [4.78, 5) is 26.0. The Morgan fingerprint density at radius 1 is 1.36 bits per heavy atom. The fourth-order valence-corrected chi connectivity index (χ4v) is 2.61. The molecule has 1 aromatic heterocycles. The first-order valence-corrected chi connectivity index (χ1v) is 7.26. The van der Waals surface area contributed by atoms with Gasteiger partial charge >= 0.3 is 0 Å². The molecule has 1 aliphatic heterocycles. The zero-order chi connectivity index (χ0) is 15.7. The number of nitrogens with one attached hydrogen (secondary N) is 1. The van der Waals surface area contributed by atoms with Gasteiger partial charge in [-0.3, -0.25) is 14.3 Å². The molecular formula is C15H15ClN4O2. The van der Waals surface area contributed by atoms with E-state index in [1.54, 1.807) is 53.3 Å². The minimum atomic E-state index is -0.372. The molecule has 1 unspecified atom stereocenters. The molecule has 0 aliphatic carbocycles. The van der Waals surface area contributed by atoms with Crippen molar-refractivity contribution in [3.8, 4) is 0 Å². The lowest BCUT2D eigenvalue weighted by atomic mass is 10.1. The van der Waals surface area contributed by atoms with Crippen LogP contribution in [0.2, 0.25) is 5.02 Å². The highest BCUT2D eigenvalue weighted by Crippen LogP contribution is 2.27. The molecule has 114 valence electrons. The van der Waals surface area contributed by atoms with Gasteiger partial charge in [-0.1, -0.05) is 11.6 Å². The summed E-state index contributed by atoms with van der Waals surface area (Å²) in [5.74, 6) is -0.602. The second-order valence-corrected chi connectivity index (χ2v) is 5.71. The van der Waals surface area contributed by atoms with Crippen molar-refractivity contribution in [2.24, 2.45) is 13.0 Å². The van der Waals surface area contributed by atoms with E-state index in [9.17, 15) is 9.59 Å². The van der Waals surface area contributed by atoms with Crippen LogP contribution in [0.4, 0.5) is 11.4 Å². The van der Waals surface area contributed by atoms with Crippen LogP contribution in [0.3, 0.4) is 0 Å². The second kappa shape index (κ2) is 5.81. The van der Waals surface area contributed by atoms with Gasteiger partial charge in [0.2, 0.25) is 11.8 Å². The average molecular weight is 319 g/mol. The van der Waals surface area contributed by atoms with Crippen LogP contribution >= 0.6 is 11.6 Å². The molecule has 2 heterocycles. The molecule has 22 heavy (non-hydrogen) atoms. The molecule has 1 atom stereocenters. The van der Waals surface area contributed by atoms with Gasteiger partial charge in [0.1, 0.15) is 0 Å². The highest BCUT2D eigenvalue weighted by atomic mass is 35.5. The van der Waals surface area contributed by atoms with Crippen molar-refractivity contribution < 1.29 is 9.59 Å². The van der Waals surface area contributed by atoms with Crippen molar-refractivity contribution >= 4 is 34.8 Å². The molecule has 1 fully saturated rings. The molecule has 0 saturated carbocycles. The van der Waals surface area contributed by atoms with E-state index in [2.05, 4.69) is 10.4 Å². The molecule has 0 spiro atoms. The minimum absolute atomic E-state index is 0.0614. The van der Waals surface area contributed by atoms with E-state index in [1.165, 1.54) is 0 Å². The summed E-state index contributed by atoms with van der Waals surface area (Å²) < 4.78 is 1.61. The number of hydrogen-bond acceptors (Lipinski definition) is 3. The molecule has 7 heteroatoms. The summed E-state index contributed by atoms with van der Waals surface area (Å²) in [6.07, 6.45) is 3.49. The predicted molar refractivity (Wildman–Crippen MR) is 83.7 cm³/mol. The van der Waals surface area contributed by atoms with E-state index >= 15 is 0 Å². The average Bonchev–Trinajstić information content (AvgIpc) is 3.06. The third kappa shape index (κ3) is 2.96. The Morgan fingerprint density at radius 2 is 2.09 bits per heavy atom. The van der Waals surface area contributed by atoms with Crippen LogP contribution in [0, 0.1) is 5.92 Å². The maximum Gasteiger partial charge on any atom is 0.229 e. The molecular weight excluding hydrogens is 304 g/mol. The van der Waals surface area contributed by atoms with Crippen molar-refractivity contribution in [1.29, 1.82) is 0 Å². The SMILES string of the molecule is Cn1cc(NC(=O)C2CC(=O)N(c3ccc(Cl)cc3)C2)cn1. The Balaban J connectivity index is 1.68. The first-order chi connectivity index (χ1) is 10.5. The molecule has 1 saturated heterocycles. The first kappa shape index (κ1) is 14.6. The van der Waals surface area contributed by atoms with Crippen LogP contribution in [0.5, 0.6) is 0 Å². The zero-order valence-corrected chi connectivity index (χ0v) is 12.7. The van der Waals surface area contributed by atoms with Crippen molar-refractivity contribution in [2.75, 3.05) is 16.8 Å². The lowest BCUT2D eigenvalue weighted by Gasteiger charge is -2.16. The van der Waals surface area contributed by atoms with E-state index < -0.39 is 0 Å². The number of hydrogen-bond donors (Lipinski definition) is 1. The molecule has 1 aliphatic rings. The van der Waals surface area contributed by atoms with Crippen LogP contribution < -0.4 is 10.2 Å². The number of amides is 2. The Bertz CT molecular complexity index is 711. The lowest BCUT2D eigenvalue weighted by Crippen LogP contribution is -2.28. The molecule has 2 amide bonds. The maximum absolute atomic E-state index is 12.3. The van der Waals surface area contributed by atoms with E-state index in [1.807, 2.05) is 0 Å². The van der Waals surface area contributed by atoms with E-state index in [-0.39, 0.29) is 24.2 Å². The van der Waals surface area contributed by atoms with Crippen LogP contribution in [-0.4, -0.2) is 28.1 Å². The van der Waals surface area contributed by atoms with Crippen LogP contribution in [0.1, 0.15) is 6.42 Å². The van der Waals surface area contributed by atoms with Crippen LogP contribution in [0.15, 0.2) is 36.7 Å². The van der Waals surface area contributed by atoms with Gasteiger partial charge in [0, 0.05) is 36.9 Å². The van der Waals surface area contributed by atoms with Crippen LogP contribution in [0.25, 0.3) is 0 Å². The van der Waals surface area contributed by atoms with Crippen molar-refractivity contribution in [3.05, 3.63) is 41.7 Å². The number of halogens is 1. The number of carbonyl (C=O) groups is 2. The molecule has 0 radical (unpaired) electrons. The number of rotatable bonds is 3. The normalized spacial score (nSPS) is 17.8. The minimum Gasteiger partial charge on any atom is -0.323 e. The fraction of sp³-hybridized carbons (Fsp3) is 0.267. The lowest BCUT2D eigenvalue weighted by molar-refractivity contribution is -0.122. The van der Waals surface area contributed by atoms with E-state index in [0.717, 1.165) is 5.69 Å². The summed E-state index contributed by atoms with van der Waals surface area (Å²) in [6, 6.07) is 7.02. The Hall–Kier alpha value is -2.34. The van der Waals surface area contributed by atoms with Gasteiger partial charge < -0.3 is 10.2 Å². The van der Waals surface area contributed by atoms with Gasteiger partial charge in [-0.25, -0.2) is 0 Å². The van der Waals surface area contributed by atoms with E-state index in [0.29, 0.717) is 17.3 Å². The quantitative estimate of drug-likeness (QED) is 0.942. The highest BCUT2D eigenvalue weighted by molar-refractivity contribution is 6.30. The predicted octanol–water partition coefficient (Wildman–Crippen LogP) is 2.07. The molecule has 6 nitrogen and oxygen atoms in total. The summed E-state index contributed by atoms with van der Waals surface area (Å²) in [7, 11) is 1.77. The van der Waals surface area contributed by atoms with E-state index in [4.69, 9.17) is 11.6 Å². The molecule has 3 rings (SSSR count). The summed E-state index contributed by atoms with van der Waals surface area (Å²) >= 11 is 5.85. The summed E-state index contributed by atoms with van der Waals surface area (Å²) in [5, 5.41) is 7.39. The van der Waals surface area contributed by atoms with Crippen molar-refractivity contribution in [2.45, 2.75) is 6.42 Å². The topological polar surface area (TPSA) is 67.2 Å². The van der Waals surface area contributed by atoms with Gasteiger partial charge in [-0.15, -0.1) is 0 Å². The smallest absolute Gasteiger partial charge is 0.229 e. The first-order valence-electron chi connectivity index (χ1n) is 6.88. The van der Waals surface area contributed by atoms with Crippen molar-refractivity contribution in [1.82, 2.24) is 9.78 Å². The standard InChI is InChI=1S/C15H15ClN4O2/c1-19-9-12(7-17-19)18-15(22)10-6-14(21)20(8-10)13-4-2-11(16)3-5-13/h2-5,7,9-10H,6,8H2,1H3,(H,18,22). The largest absolute Gasteiger partial charge is 0.323 e. The summed E-state index contributed by atoms with van der Waals surface area (Å²) in [5.41, 5.74) is 1.39. The van der Waals surface area contributed by atoms with Gasteiger partial charge in [0.25, 0.3) is 0 Å². The van der Waals surface area contributed by atoms with Gasteiger partial charge in [0.15, 0.2) is 0 Å². The second-order valence-electron chi connectivity index (χ2n) is 5.27. The monoisotopic (exact) mass is 318 g/mol. The maximum atomic E-state index is 12.3. The van der Waals surface area contributed by atoms with Gasteiger partial charge in [-0.2, -0.15) is 5.10 Å². The number of aromatic nitrogens is 2. The molecule has 0 bridgehead atoms. The number of carbonyl (C=O) groups excluding carboxylic acids is 2. The number of anilines is 2. The fourth-order valence-electron chi connectivity index (χ4n) is 2.48.